The van der Waals surface area contributed by atoms with Crippen molar-refractivity contribution in [3.05, 3.63) is 26.9 Å². The first kappa shape index (κ1) is 13.5. The molecule has 1 unspecified atom stereocenters. The van der Waals surface area contributed by atoms with Crippen LogP contribution >= 0.6 is 31.9 Å². The number of aromatic nitrogens is 1. The molecule has 1 heterocycles. The van der Waals surface area contributed by atoms with Gasteiger partial charge in [0.1, 0.15) is 0 Å². The Morgan fingerprint density at radius 3 is 2.82 bits per heavy atom. The zero-order chi connectivity index (χ0) is 12.3. The van der Waals surface area contributed by atoms with Gasteiger partial charge in [0.05, 0.1) is 11.7 Å². The van der Waals surface area contributed by atoms with Crippen molar-refractivity contribution in [3.8, 4) is 0 Å². The van der Waals surface area contributed by atoms with Gasteiger partial charge >= 0.3 is 0 Å². The van der Waals surface area contributed by atoms with E-state index < -0.39 is 0 Å². The summed E-state index contributed by atoms with van der Waals surface area (Å²) >= 11 is 7.07. The Kier molecular flexibility index (Phi) is 5.00. The van der Waals surface area contributed by atoms with E-state index in [1.165, 1.54) is 19.3 Å². The average Bonchev–Trinajstić information content (AvgIpc) is 3.08. The number of nitrogens with one attached hydrogen (secondary N) is 1. The Balaban J connectivity index is 2.11. The standard InChI is InChI=1S/C13H18Br2N2/c1-2-5-16-12(6-9-3-4-9)13-11(15)7-10(14)8-17-13/h7-9,12,16H,2-6H2,1H3. The Labute approximate surface area is 120 Å². The number of nitrogens with zero attached hydrogens (tertiary/aromatic N) is 1. The second kappa shape index (κ2) is 6.30. The van der Waals surface area contributed by atoms with Crippen LogP contribution in [0.3, 0.4) is 0 Å². The van der Waals surface area contributed by atoms with E-state index in [9.17, 15) is 0 Å². The molecule has 0 amide bonds. The molecule has 1 N–H and O–H groups in total. The molecule has 1 aliphatic carbocycles. The summed E-state index contributed by atoms with van der Waals surface area (Å²) in [4.78, 5) is 4.56. The van der Waals surface area contributed by atoms with Crippen molar-refractivity contribution in [2.75, 3.05) is 6.54 Å². The Morgan fingerprint density at radius 1 is 1.47 bits per heavy atom. The van der Waals surface area contributed by atoms with Crippen LogP contribution in [0, 0.1) is 5.92 Å². The van der Waals surface area contributed by atoms with Crippen LogP contribution in [0.15, 0.2) is 21.2 Å². The van der Waals surface area contributed by atoms with Crippen molar-refractivity contribution in [2.45, 2.75) is 38.6 Å². The maximum Gasteiger partial charge on any atom is 0.0715 e. The summed E-state index contributed by atoms with van der Waals surface area (Å²) < 4.78 is 2.12. The highest BCUT2D eigenvalue weighted by molar-refractivity contribution is 9.11. The van der Waals surface area contributed by atoms with Gasteiger partial charge in [0.15, 0.2) is 0 Å². The Bertz CT molecular complexity index is 378. The van der Waals surface area contributed by atoms with Gasteiger partial charge in [-0.05, 0) is 63.2 Å². The highest BCUT2D eigenvalue weighted by Crippen LogP contribution is 2.38. The van der Waals surface area contributed by atoms with Crippen molar-refractivity contribution >= 4 is 31.9 Å². The molecule has 1 atom stereocenters. The topological polar surface area (TPSA) is 24.9 Å². The van der Waals surface area contributed by atoms with Gasteiger partial charge in [0, 0.05) is 15.1 Å². The molecule has 1 fully saturated rings. The minimum atomic E-state index is 0.393. The molecule has 17 heavy (non-hydrogen) atoms. The predicted octanol–water partition coefficient (Wildman–Crippen LogP) is 4.45. The van der Waals surface area contributed by atoms with Crippen LogP contribution < -0.4 is 5.32 Å². The molecular formula is C13H18Br2N2. The summed E-state index contributed by atoms with van der Waals surface area (Å²) in [6.45, 7) is 3.26. The van der Waals surface area contributed by atoms with Gasteiger partial charge in [-0.15, -0.1) is 0 Å². The molecule has 2 nitrogen and oxygen atoms in total. The van der Waals surface area contributed by atoms with Crippen LogP contribution in [0.5, 0.6) is 0 Å². The Hall–Kier alpha value is 0.0700. The number of halogens is 2. The van der Waals surface area contributed by atoms with Crippen molar-refractivity contribution in [1.29, 1.82) is 0 Å². The minimum Gasteiger partial charge on any atom is -0.309 e. The molecule has 2 rings (SSSR count). The normalized spacial score (nSPS) is 17.1. The van der Waals surface area contributed by atoms with Gasteiger partial charge in [-0.2, -0.15) is 0 Å². The quantitative estimate of drug-likeness (QED) is 0.809. The first-order chi connectivity index (χ1) is 8.20. The lowest BCUT2D eigenvalue weighted by Gasteiger charge is -2.19. The fraction of sp³-hybridized carbons (Fsp3) is 0.615. The van der Waals surface area contributed by atoms with Crippen LogP contribution in [0.1, 0.15) is 44.3 Å². The molecule has 0 radical (unpaired) electrons. The van der Waals surface area contributed by atoms with Crippen molar-refractivity contribution in [3.63, 3.8) is 0 Å². The van der Waals surface area contributed by atoms with Crippen molar-refractivity contribution < 1.29 is 0 Å². The number of rotatable bonds is 6. The van der Waals surface area contributed by atoms with Crippen molar-refractivity contribution in [2.24, 2.45) is 5.92 Å². The second-order valence-electron chi connectivity index (χ2n) is 4.71. The largest absolute Gasteiger partial charge is 0.309 e. The van der Waals surface area contributed by atoms with E-state index >= 15 is 0 Å². The van der Waals surface area contributed by atoms with E-state index in [-0.39, 0.29) is 0 Å². The Morgan fingerprint density at radius 2 is 2.24 bits per heavy atom. The van der Waals surface area contributed by atoms with E-state index in [0.717, 1.165) is 33.5 Å². The van der Waals surface area contributed by atoms with Crippen LogP contribution in [0.2, 0.25) is 0 Å². The smallest absolute Gasteiger partial charge is 0.0715 e. The monoisotopic (exact) mass is 360 g/mol. The molecule has 1 aromatic heterocycles. The molecule has 0 aliphatic heterocycles. The molecule has 0 spiro atoms. The lowest BCUT2D eigenvalue weighted by atomic mass is 10.1. The summed E-state index contributed by atoms with van der Waals surface area (Å²) in [6, 6.07) is 2.47. The molecule has 0 saturated heterocycles. The van der Waals surface area contributed by atoms with E-state index in [2.05, 4.69) is 55.2 Å². The SMILES string of the molecule is CCCNC(CC1CC1)c1ncc(Br)cc1Br. The lowest BCUT2D eigenvalue weighted by Crippen LogP contribution is -2.24. The maximum atomic E-state index is 4.56. The van der Waals surface area contributed by atoms with Crippen LogP contribution in [0.4, 0.5) is 0 Å². The first-order valence-electron chi connectivity index (χ1n) is 6.25. The molecule has 4 heteroatoms. The van der Waals surface area contributed by atoms with Crippen LogP contribution in [-0.2, 0) is 0 Å². The number of pyridine rings is 1. The summed E-state index contributed by atoms with van der Waals surface area (Å²) in [5.74, 6) is 0.904. The first-order valence-corrected chi connectivity index (χ1v) is 7.83. The third kappa shape index (κ3) is 4.04. The third-order valence-electron chi connectivity index (χ3n) is 3.07. The summed E-state index contributed by atoms with van der Waals surface area (Å²) in [7, 11) is 0. The molecule has 94 valence electrons. The maximum absolute atomic E-state index is 4.56. The highest BCUT2D eigenvalue weighted by atomic mass is 79.9. The second-order valence-corrected chi connectivity index (χ2v) is 6.48. The van der Waals surface area contributed by atoms with E-state index in [1.54, 1.807) is 0 Å². The van der Waals surface area contributed by atoms with E-state index in [1.807, 2.05) is 6.20 Å². The van der Waals surface area contributed by atoms with Gasteiger partial charge in [-0.25, -0.2) is 0 Å². The average molecular weight is 362 g/mol. The van der Waals surface area contributed by atoms with Gasteiger partial charge in [0.25, 0.3) is 0 Å². The third-order valence-corrected chi connectivity index (χ3v) is 4.14. The fourth-order valence-electron chi connectivity index (χ4n) is 1.98. The zero-order valence-electron chi connectivity index (χ0n) is 10.0. The van der Waals surface area contributed by atoms with Gasteiger partial charge in [-0.3, -0.25) is 4.98 Å². The van der Waals surface area contributed by atoms with Crippen molar-refractivity contribution in [1.82, 2.24) is 10.3 Å². The lowest BCUT2D eigenvalue weighted by molar-refractivity contribution is 0.463. The summed E-state index contributed by atoms with van der Waals surface area (Å²) in [6.07, 6.45) is 7.03. The van der Waals surface area contributed by atoms with E-state index in [4.69, 9.17) is 0 Å². The highest BCUT2D eigenvalue weighted by Gasteiger charge is 2.27. The number of hydrogen-bond donors (Lipinski definition) is 1. The fourth-order valence-corrected chi connectivity index (χ4v) is 3.24. The molecule has 1 aliphatic rings. The van der Waals surface area contributed by atoms with Gasteiger partial charge in [-0.1, -0.05) is 19.8 Å². The predicted molar refractivity (Wildman–Crippen MR) is 78.0 cm³/mol. The summed E-state index contributed by atoms with van der Waals surface area (Å²) in [5.41, 5.74) is 1.15. The molecular weight excluding hydrogens is 344 g/mol. The molecule has 1 saturated carbocycles. The molecule has 0 aromatic carbocycles. The van der Waals surface area contributed by atoms with Crippen LogP contribution in [0.25, 0.3) is 0 Å². The zero-order valence-corrected chi connectivity index (χ0v) is 13.2. The molecule has 0 bridgehead atoms. The molecule has 1 aromatic rings. The summed E-state index contributed by atoms with van der Waals surface area (Å²) in [5, 5.41) is 3.61. The minimum absolute atomic E-state index is 0.393. The van der Waals surface area contributed by atoms with Gasteiger partial charge in [0.2, 0.25) is 0 Å². The van der Waals surface area contributed by atoms with Crippen LogP contribution in [-0.4, -0.2) is 11.5 Å². The number of hydrogen-bond acceptors (Lipinski definition) is 2. The van der Waals surface area contributed by atoms with E-state index in [0.29, 0.717) is 6.04 Å². The van der Waals surface area contributed by atoms with Gasteiger partial charge < -0.3 is 5.32 Å².